The van der Waals surface area contributed by atoms with E-state index in [1.807, 2.05) is 55.1 Å². The van der Waals surface area contributed by atoms with Gasteiger partial charge in [0.15, 0.2) is 11.5 Å². The Morgan fingerprint density at radius 1 is 1.09 bits per heavy atom. The molecule has 1 aromatic heterocycles. The lowest BCUT2D eigenvalue weighted by Crippen LogP contribution is -2.41. The molecule has 4 rings (SSSR count). The number of nitrogens with zero attached hydrogens (tertiary/aromatic N) is 4. The topological polar surface area (TPSA) is 81.0 Å². The van der Waals surface area contributed by atoms with E-state index in [2.05, 4.69) is 16.5 Å². The molecule has 1 unspecified atom stereocenters. The average Bonchev–Trinajstić information content (AvgIpc) is 3.18. The number of hydrogen-bond acceptors (Lipinski definition) is 5. The molecule has 0 saturated heterocycles. The first-order valence-corrected chi connectivity index (χ1v) is 10.4. The minimum Gasteiger partial charge on any atom is -0.493 e. The van der Waals surface area contributed by atoms with E-state index in [9.17, 15) is 4.79 Å². The van der Waals surface area contributed by atoms with Crippen molar-refractivity contribution in [2.45, 2.75) is 19.4 Å². The summed E-state index contributed by atoms with van der Waals surface area (Å²) in [5.74, 6) is 1.26. The maximum Gasteiger partial charge on any atom is 0.337 e. The number of fused-ring (bicyclic) bond motifs is 1. The van der Waals surface area contributed by atoms with Gasteiger partial charge in [-0.25, -0.2) is 9.80 Å². The lowest BCUT2D eigenvalue weighted by atomic mass is 9.93. The number of carbonyl (C=O) groups excluding carboxylic acids is 1. The lowest BCUT2D eigenvalue weighted by Gasteiger charge is -2.22. The second kappa shape index (κ2) is 8.74. The molecular formula is C24H27N5O3. The summed E-state index contributed by atoms with van der Waals surface area (Å²) in [6, 6.07) is 13.5. The molecule has 1 atom stereocenters. The monoisotopic (exact) mass is 433 g/mol. The molecule has 1 aliphatic rings. The van der Waals surface area contributed by atoms with Crippen LogP contribution in [0.4, 0.5) is 4.79 Å². The van der Waals surface area contributed by atoms with E-state index in [0.29, 0.717) is 23.6 Å². The molecule has 1 aliphatic heterocycles. The van der Waals surface area contributed by atoms with Crippen molar-refractivity contribution in [2.75, 3.05) is 21.3 Å². The van der Waals surface area contributed by atoms with Crippen molar-refractivity contribution in [1.29, 1.82) is 0 Å². The smallest absolute Gasteiger partial charge is 0.337 e. The third-order valence-electron chi connectivity index (χ3n) is 5.68. The number of hydrogen-bond donors (Lipinski definition) is 1. The molecule has 0 bridgehead atoms. The van der Waals surface area contributed by atoms with Crippen LogP contribution in [0.3, 0.4) is 0 Å². The summed E-state index contributed by atoms with van der Waals surface area (Å²) in [6.07, 6.45) is 2.39. The Labute approximate surface area is 187 Å². The summed E-state index contributed by atoms with van der Waals surface area (Å²) < 4.78 is 12.9. The van der Waals surface area contributed by atoms with Crippen molar-refractivity contribution < 1.29 is 14.3 Å². The van der Waals surface area contributed by atoms with Crippen molar-refractivity contribution >= 4 is 11.7 Å². The molecule has 2 aromatic carbocycles. The predicted molar refractivity (Wildman–Crippen MR) is 123 cm³/mol. The number of methoxy groups -OCH3 is 2. The van der Waals surface area contributed by atoms with E-state index in [1.54, 1.807) is 27.5 Å². The Balaban J connectivity index is 1.93. The lowest BCUT2D eigenvalue weighted by molar-refractivity contribution is 0.184. The Bertz CT molecular complexity index is 1180. The normalized spacial score (nSPS) is 15.5. The second-order valence-corrected chi connectivity index (χ2v) is 7.69. The second-order valence-electron chi connectivity index (χ2n) is 7.69. The van der Waals surface area contributed by atoms with Crippen LogP contribution in [-0.4, -0.2) is 53.8 Å². The fraction of sp³-hybridized carbons (Fsp3) is 0.292. The van der Waals surface area contributed by atoms with Crippen molar-refractivity contribution in [1.82, 2.24) is 20.1 Å². The maximum atomic E-state index is 12.6. The van der Waals surface area contributed by atoms with Crippen LogP contribution in [0.25, 0.3) is 11.3 Å². The minimum atomic E-state index is -0.260. The summed E-state index contributed by atoms with van der Waals surface area (Å²) in [6.45, 7) is 1.98. The van der Waals surface area contributed by atoms with Crippen LogP contribution in [0.15, 0.2) is 53.8 Å². The number of benzene rings is 2. The Hall–Kier alpha value is -3.81. The molecule has 0 fully saturated rings. The number of hydrazone groups is 1. The zero-order chi connectivity index (χ0) is 22.8. The summed E-state index contributed by atoms with van der Waals surface area (Å²) in [4.78, 5) is 12.6. The van der Waals surface area contributed by atoms with Gasteiger partial charge >= 0.3 is 6.03 Å². The van der Waals surface area contributed by atoms with Gasteiger partial charge in [-0.15, -0.1) is 0 Å². The largest absolute Gasteiger partial charge is 0.493 e. The number of aromatic nitrogens is 2. The first-order valence-electron chi connectivity index (χ1n) is 10.4. The Kier molecular flexibility index (Phi) is 5.85. The average molecular weight is 434 g/mol. The number of aryl methyl sites for hydroxylation is 1. The van der Waals surface area contributed by atoms with E-state index >= 15 is 0 Å². The number of nitrogens with one attached hydrogen (secondary N) is 1. The van der Waals surface area contributed by atoms with Gasteiger partial charge in [0.25, 0.3) is 0 Å². The van der Waals surface area contributed by atoms with Gasteiger partial charge in [-0.1, -0.05) is 18.2 Å². The number of ether oxygens (including phenoxy) is 2. The van der Waals surface area contributed by atoms with Crippen LogP contribution in [0.1, 0.15) is 23.6 Å². The van der Waals surface area contributed by atoms with Gasteiger partial charge in [0.1, 0.15) is 0 Å². The van der Waals surface area contributed by atoms with E-state index < -0.39 is 0 Å². The van der Waals surface area contributed by atoms with Crippen LogP contribution in [-0.2, 0) is 13.5 Å². The third kappa shape index (κ3) is 3.79. The molecule has 0 spiro atoms. The van der Waals surface area contributed by atoms with E-state index in [0.717, 1.165) is 27.9 Å². The van der Waals surface area contributed by atoms with Gasteiger partial charge in [0, 0.05) is 37.0 Å². The quantitative estimate of drug-likeness (QED) is 0.683. The van der Waals surface area contributed by atoms with E-state index in [4.69, 9.17) is 14.6 Å². The molecular weight excluding hydrogens is 406 g/mol. The maximum absolute atomic E-state index is 12.6. The zero-order valence-corrected chi connectivity index (χ0v) is 18.9. The van der Waals surface area contributed by atoms with Crippen molar-refractivity contribution in [3.63, 3.8) is 0 Å². The summed E-state index contributed by atoms with van der Waals surface area (Å²) >= 11 is 0. The molecule has 0 aliphatic carbocycles. The van der Waals surface area contributed by atoms with Crippen LogP contribution in [0.2, 0.25) is 0 Å². The third-order valence-corrected chi connectivity index (χ3v) is 5.68. The van der Waals surface area contributed by atoms with Crippen molar-refractivity contribution in [3.8, 4) is 22.8 Å². The molecule has 1 N–H and O–H groups in total. The van der Waals surface area contributed by atoms with Gasteiger partial charge in [-0.2, -0.15) is 10.2 Å². The molecule has 0 saturated carbocycles. The summed E-state index contributed by atoms with van der Waals surface area (Å²) in [5, 5.41) is 13.3. The molecule has 8 heteroatoms. The minimum absolute atomic E-state index is 0.149. The summed E-state index contributed by atoms with van der Waals surface area (Å²) in [5.41, 5.74) is 5.52. The highest BCUT2D eigenvalue weighted by Gasteiger charge is 2.28. The highest BCUT2D eigenvalue weighted by atomic mass is 16.5. The first-order chi connectivity index (χ1) is 15.5. The zero-order valence-electron chi connectivity index (χ0n) is 18.9. The molecule has 8 nitrogen and oxygen atoms in total. The molecule has 32 heavy (non-hydrogen) atoms. The van der Waals surface area contributed by atoms with E-state index in [-0.39, 0.29) is 12.1 Å². The van der Waals surface area contributed by atoms with Gasteiger partial charge in [0.05, 0.1) is 31.7 Å². The first kappa shape index (κ1) is 21.4. The summed E-state index contributed by atoms with van der Waals surface area (Å²) in [7, 11) is 6.75. The number of rotatable bonds is 4. The number of amides is 2. The van der Waals surface area contributed by atoms with Gasteiger partial charge in [0.2, 0.25) is 0 Å². The van der Waals surface area contributed by atoms with Gasteiger partial charge in [-0.3, -0.25) is 4.68 Å². The SMILES string of the molecule is CNC(=O)N1N=C(c2cccc(-c3ccnn3C)c2)c2cc(OC)c(OC)cc2CC1C. The fourth-order valence-electron chi connectivity index (χ4n) is 4.03. The van der Waals surface area contributed by atoms with Gasteiger partial charge in [-0.05, 0) is 43.2 Å². The van der Waals surface area contributed by atoms with Crippen LogP contribution < -0.4 is 14.8 Å². The molecule has 2 heterocycles. The standard InChI is InChI=1S/C24H27N5O3/c1-15-11-18-13-21(31-4)22(32-5)14-19(18)23(27-29(15)24(30)25-2)17-8-6-7-16(12-17)20-9-10-26-28(20)3/h6-10,12-15H,11H2,1-5H3,(H,25,30). The van der Waals surface area contributed by atoms with Crippen molar-refractivity contribution in [2.24, 2.45) is 12.1 Å². The molecule has 2 amide bonds. The molecule has 3 aromatic rings. The van der Waals surface area contributed by atoms with Crippen LogP contribution >= 0.6 is 0 Å². The fourth-order valence-corrected chi connectivity index (χ4v) is 4.03. The Morgan fingerprint density at radius 2 is 1.81 bits per heavy atom. The predicted octanol–water partition coefficient (Wildman–Crippen LogP) is 3.44. The van der Waals surface area contributed by atoms with Crippen LogP contribution in [0.5, 0.6) is 11.5 Å². The van der Waals surface area contributed by atoms with Crippen molar-refractivity contribution in [3.05, 3.63) is 65.4 Å². The highest BCUT2D eigenvalue weighted by Crippen LogP contribution is 2.35. The Morgan fingerprint density at radius 3 is 2.47 bits per heavy atom. The van der Waals surface area contributed by atoms with E-state index in [1.165, 1.54) is 5.01 Å². The molecule has 0 radical (unpaired) electrons. The number of urea groups is 1. The van der Waals surface area contributed by atoms with Crippen LogP contribution in [0, 0.1) is 0 Å². The number of carbonyl (C=O) groups is 1. The molecule has 166 valence electrons. The highest BCUT2D eigenvalue weighted by molar-refractivity contribution is 6.15. The van der Waals surface area contributed by atoms with Gasteiger partial charge < -0.3 is 14.8 Å².